The van der Waals surface area contributed by atoms with Gasteiger partial charge in [-0.25, -0.2) is 0 Å². The summed E-state index contributed by atoms with van der Waals surface area (Å²) in [5.41, 5.74) is 4.22. The molecule has 1 atom stereocenters. The first-order valence-corrected chi connectivity index (χ1v) is 6.47. The third kappa shape index (κ3) is 3.27. The summed E-state index contributed by atoms with van der Waals surface area (Å²) in [6, 6.07) is 15.3. The molecule has 0 radical (unpaired) electrons. The van der Waals surface area contributed by atoms with Crippen molar-refractivity contribution in [1.29, 1.82) is 5.26 Å². The van der Waals surface area contributed by atoms with Gasteiger partial charge in [0.15, 0.2) is 0 Å². The van der Waals surface area contributed by atoms with Gasteiger partial charge >= 0.3 is 0 Å². The topological polar surface area (TPSA) is 35.8 Å². The molecule has 0 bridgehead atoms. The molecule has 0 fully saturated rings. The predicted octanol–water partition coefficient (Wildman–Crippen LogP) is 4.63. The summed E-state index contributed by atoms with van der Waals surface area (Å²) in [5.74, 6) is 0. The van der Waals surface area contributed by atoms with Crippen LogP contribution in [0.5, 0.6) is 0 Å². The summed E-state index contributed by atoms with van der Waals surface area (Å²) in [6.45, 7) is 4.11. The quantitative estimate of drug-likeness (QED) is 0.882. The molecule has 2 aromatic carbocycles. The summed E-state index contributed by atoms with van der Waals surface area (Å²) < 4.78 is 0. The molecule has 0 saturated carbocycles. The van der Waals surface area contributed by atoms with Gasteiger partial charge in [-0.15, -0.1) is 0 Å². The first kappa shape index (κ1) is 13.5. The van der Waals surface area contributed by atoms with E-state index in [1.165, 1.54) is 11.1 Å². The smallest absolute Gasteiger partial charge is 0.140 e. The highest BCUT2D eigenvalue weighted by Crippen LogP contribution is 2.23. The van der Waals surface area contributed by atoms with Gasteiger partial charge in [0.1, 0.15) is 6.04 Å². The minimum Gasteiger partial charge on any atom is -0.366 e. The average molecular weight is 271 g/mol. The average Bonchev–Trinajstić information content (AvgIpc) is 2.39. The number of nitrogens with zero attached hydrogens (tertiary/aromatic N) is 1. The summed E-state index contributed by atoms with van der Waals surface area (Å²) in [7, 11) is 0. The molecule has 2 aromatic rings. The lowest BCUT2D eigenvalue weighted by Crippen LogP contribution is -2.08. The van der Waals surface area contributed by atoms with Crippen molar-refractivity contribution < 1.29 is 0 Å². The Kier molecular flexibility index (Phi) is 4.09. The molecule has 3 heteroatoms. The lowest BCUT2D eigenvalue weighted by Gasteiger charge is -2.14. The van der Waals surface area contributed by atoms with Crippen LogP contribution in [0.1, 0.15) is 22.7 Å². The van der Waals surface area contributed by atoms with Crippen LogP contribution in [0.15, 0.2) is 42.5 Å². The highest BCUT2D eigenvalue weighted by Gasteiger charge is 2.11. The van der Waals surface area contributed by atoms with E-state index < -0.39 is 0 Å². The number of aryl methyl sites for hydroxylation is 2. The molecule has 0 heterocycles. The van der Waals surface area contributed by atoms with E-state index in [-0.39, 0.29) is 6.04 Å². The molecule has 0 amide bonds. The molecule has 2 nitrogen and oxygen atoms in total. The van der Waals surface area contributed by atoms with Crippen LogP contribution in [0.4, 0.5) is 5.69 Å². The molecule has 0 aliphatic heterocycles. The van der Waals surface area contributed by atoms with Gasteiger partial charge in [0.05, 0.1) is 6.07 Å². The Morgan fingerprint density at radius 3 is 2.53 bits per heavy atom. The fraction of sp³-hybridized carbons (Fsp3) is 0.188. The van der Waals surface area contributed by atoms with Crippen LogP contribution in [-0.4, -0.2) is 0 Å². The number of halogens is 1. The third-order valence-electron chi connectivity index (χ3n) is 3.13. The van der Waals surface area contributed by atoms with Crippen molar-refractivity contribution in [2.75, 3.05) is 5.32 Å². The minimum absolute atomic E-state index is 0.377. The van der Waals surface area contributed by atoms with Gasteiger partial charge in [-0.2, -0.15) is 5.26 Å². The maximum Gasteiger partial charge on any atom is 0.140 e. The molecular weight excluding hydrogens is 256 g/mol. The molecule has 0 saturated heterocycles. The lowest BCUT2D eigenvalue weighted by molar-refractivity contribution is 0.992. The molecule has 0 aliphatic carbocycles. The summed E-state index contributed by atoms with van der Waals surface area (Å²) in [6.07, 6.45) is 0. The molecule has 1 N–H and O–H groups in total. The number of nitrogens with one attached hydrogen (secondary N) is 1. The third-order valence-corrected chi connectivity index (χ3v) is 3.36. The van der Waals surface area contributed by atoms with Crippen LogP contribution >= 0.6 is 11.6 Å². The van der Waals surface area contributed by atoms with E-state index in [0.29, 0.717) is 5.02 Å². The summed E-state index contributed by atoms with van der Waals surface area (Å²) >= 11 is 5.94. The number of hydrogen-bond donors (Lipinski definition) is 1. The Morgan fingerprint density at radius 1 is 1.11 bits per heavy atom. The lowest BCUT2D eigenvalue weighted by atomic mass is 10.0. The van der Waals surface area contributed by atoms with Crippen LogP contribution in [0.3, 0.4) is 0 Å². The number of rotatable bonds is 3. The highest BCUT2D eigenvalue weighted by molar-refractivity contribution is 6.30. The van der Waals surface area contributed by atoms with Gasteiger partial charge in [0.25, 0.3) is 0 Å². The van der Waals surface area contributed by atoms with Crippen molar-refractivity contribution in [3.05, 3.63) is 64.2 Å². The summed E-state index contributed by atoms with van der Waals surface area (Å²) in [5, 5.41) is 13.2. The van der Waals surface area contributed by atoms with Gasteiger partial charge in [-0.1, -0.05) is 35.9 Å². The van der Waals surface area contributed by atoms with Crippen LogP contribution in [0.25, 0.3) is 0 Å². The number of anilines is 1. The fourth-order valence-electron chi connectivity index (χ4n) is 1.88. The molecule has 96 valence electrons. The number of hydrogen-bond acceptors (Lipinski definition) is 2. The Hall–Kier alpha value is -1.98. The second-order valence-corrected chi connectivity index (χ2v) is 5.00. The molecule has 19 heavy (non-hydrogen) atoms. The largest absolute Gasteiger partial charge is 0.366 e. The molecule has 0 spiro atoms. The van der Waals surface area contributed by atoms with Crippen molar-refractivity contribution in [1.82, 2.24) is 0 Å². The minimum atomic E-state index is -0.377. The fourth-order valence-corrected chi connectivity index (χ4v) is 2.07. The second kappa shape index (κ2) is 5.77. The Morgan fingerprint density at radius 2 is 1.89 bits per heavy atom. The van der Waals surface area contributed by atoms with E-state index >= 15 is 0 Å². The van der Waals surface area contributed by atoms with Crippen molar-refractivity contribution in [3.8, 4) is 6.07 Å². The molecule has 1 unspecified atom stereocenters. The van der Waals surface area contributed by atoms with Crippen LogP contribution in [0, 0.1) is 25.2 Å². The maximum atomic E-state index is 9.32. The molecule has 2 rings (SSSR count). The van der Waals surface area contributed by atoms with Crippen molar-refractivity contribution in [2.45, 2.75) is 19.9 Å². The first-order chi connectivity index (χ1) is 9.10. The zero-order chi connectivity index (χ0) is 13.8. The number of benzene rings is 2. The predicted molar refractivity (Wildman–Crippen MR) is 79.3 cm³/mol. The van der Waals surface area contributed by atoms with Crippen LogP contribution in [-0.2, 0) is 0 Å². The van der Waals surface area contributed by atoms with Gasteiger partial charge in [-0.3, -0.25) is 0 Å². The van der Waals surface area contributed by atoms with E-state index in [1.807, 2.05) is 49.4 Å². The highest BCUT2D eigenvalue weighted by atomic mass is 35.5. The Balaban J connectivity index is 2.25. The van der Waals surface area contributed by atoms with Crippen LogP contribution in [0.2, 0.25) is 5.02 Å². The summed E-state index contributed by atoms with van der Waals surface area (Å²) in [4.78, 5) is 0. The van der Waals surface area contributed by atoms with E-state index in [4.69, 9.17) is 11.6 Å². The zero-order valence-electron chi connectivity index (χ0n) is 10.9. The Bertz CT molecular complexity index is 629. The van der Waals surface area contributed by atoms with Gasteiger partial charge in [-0.05, 0) is 48.7 Å². The standard InChI is InChI=1S/C16H15ClN2/c1-11-6-7-13(8-12(11)2)16(10-18)19-15-5-3-4-14(17)9-15/h3-9,16,19H,1-2H3. The van der Waals surface area contributed by atoms with E-state index in [9.17, 15) is 5.26 Å². The van der Waals surface area contributed by atoms with Crippen molar-refractivity contribution >= 4 is 17.3 Å². The van der Waals surface area contributed by atoms with E-state index in [0.717, 1.165) is 11.3 Å². The molecule has 0 aliphatic rings. The van der Waals surface area contributed by atoms with Crippen molar-refractivity contribution in [2.24, 2.45) is 0 Å². The van der Waals surface area contributed by atoms with Gasteiger partial charge in [0.2, 0.25) is 0 Å². The number of nitriles is 1. The van der Waals surface area contributed by atoms with E-state index in [2.05, 4.69) is 18.3 Å². The van der Waals surface area contributed by atoms with Crippen molar-refractivity contribution in [3.63, 3.8) is 0 Å². The van der Waals surface area contributed by atoms with Crippen LogP contribution < -0.4 is 5.32 Å². The van der Waals surface area contributed by atoms with E-state index in [1.54, 1.807) is 0 Å². The zero-order valence-corrected chi connectivity index (χ0v) is 11.7. The monoisotopic (exact) mass is 270 g/mol. The maximum absolute atomic E-state index is 9.32. The van der Waals surface area contributed by atoms with Gasteiger partial charge in [0, 0.05) is 10.7 Å². The normalized spacial score (nSPS) is 11.7. The first-order valence-electron chi connectivity index (χ1n) is 6.09. The molecule has 0 aromatic heterocycles. The van der Waals surface area contributed by atoms with Gasteiger partial charge < -0.3 is 5.32 Å². The SMILES string of the molecule is Cc1ccc(C(C#N)Nc2cccc(Cl)c2)cc1C. The molecular formula is C16H15ClN2. The Labute approximate surface area is 118 Å². The second-order valence-electron chi connectivity index (χ2n) is 4.56.